The van der Waals surface area contributed by atoms with Gasteiger partial charge in [0, 0.05) is 25.6 Å². The monoisotopic (exact) mass is 578 g/mol. The summed E-state index contributed by atoms with van der Waals surface area (Å²) in [6.07, 6.45) is 4.52. The quantitative estimate of drug-likeness (QED) is 0.438. The molecule has 1 aromatic carbocycles. The van der Waals surface area contributed by atoms with Crippen LogP contribution in [0.5, 0.6) is 5.75 Å². The first-order chi connectivity index (χ1) is 18.6. The third kappa shape index (κ3) is 6.74. The van der Waals surface area contributed by atoms with Crippen molar-refractivity contribution < 1.29 is 27.9 Å². The van der Waals surface area contributed by atoms with Crippen molar-refractivity contribution >= 4 is 39.0 Å². The van der Waals surface area contributed by atoms with Gasteiger partial charge in [0.25, 0.3) is 15.9 Å². The van der Waals surface area contributed by atoms with Gasteiger partial charge in [0.1, 0.15) is 10.3 Å². The summed E-state index contributed by atoms with van der Waals surface area (Å²) in [5.41, 5.74) is 0.570. The highest BCUT2D eigenvalue weighted by molar-refractivity contribution is 7.91. The van der Waals surface area contributed by atoms with Gasteiger partial charge in [-0.1, -0.05) is 38.3 Å². The first kappa shape index (κ1) is 29.3. The Morgan fingerprint density at radius 1 is 1.23 bits per heavy atom. The van der Waals surface area contributed by atoms with Crippen molar-refractivity contribution in [2.45, 2.75) is 68.3 Å². The fourth-order valence-electron chi connectivity index (χ4n) is 5.07. The maximum absolute atomic E-state index is 13.6. The number of anilines is 1. The van der Waals surface area contributed by atoms with E-state index in [1.807, 2.05) is 6.92 Å². The molecule has 4 rings (SSSR count). The number of fused-ring (bicyclic) bond motifs is 1. The van der Waals surface area contributed by atoms with E-state index in [1.54, 1.807) is 47.5 Å². The van der Waals surface area contributed by atoms with E-state index in [9.17, 15) is 23.1 Å². The summed E-state index contributed by atoms with van der Waals surface area (Å²) in [4.78, 5) is 28.1. The van der Waals surface area contributed by atoms with Crippen LogP contribution in [0.3, 0.4) is 0 Å². The van der Waals surface area contributed by atoms with Crippen LogP contribution in [0.25, 0.3) is 0 Å². The van der Waals surface area contributed by atoms with E-state index >= 15 is 0 Å². The number of rotatable bonds is 8. The van der Waals surface area contributed by atoms with Crippen LogP contribution in [0, 0.1) is 5.92 Å². The molecule has 0 spiro atoms. The van der Waals surface area contributed by atoms with E-state index in [0.29, 0.717) is 5.69 Å². The molecule has 2 aliphatic rings. The molecule has 39 heavy (non-hydrogen) atoms. The Morgan fingerprint density at radius 2 is 1.97 bits per heavy atom. The lowest BCUT2D eigenvalue weighted by atomic mass is 9.96. The molecule has 0 unspecified atom stereocenters. The van der Waals surface area contributed by atoms with Crippen molar-refractivity contribution in [2.75, 3.05) is 32.1 Å². The van der Waals surface area contributed by atoms with Crippen LogP contribution in [0.4, 0.5) is 10.5 Å². The Bertz CT molecular complexity index is 1250. The minimum absolute atomic E-state index is 0.0268. The average Bonchev–Trinajstić information content (AvgIpc) is 3.47. The number of benzene rings is 1. The van der Waals surface area contributed by atoms with Crippen LogP contribution in [0.15, 0.2) is 39.9 Å². The normalized spacial score (nSPS) is 21.5. The highest BCUT2D eigenvalue weighted by Gasteiger charge is 2.36. The van der Waals surface area contributed by atoms with E-state index in [1.165, 1.54) is 17.8 Å². The summed E-state index contributed by atoms with van der Waals surface area (Å²) in [6, 6.07) is 7.46. The smallest absolute Gasteiger partial charge is 0.319 e. The van der Waals surface area contributed by atoms with Gasteiger partial charge in [-0.25, -0.2) is 13.2 Å². The lowest BCUT2D eigenvalue weighted by Crippen LogP contribution is -2.50. The van der Waals surface area contributed by atoms with Crippen LogP contribution < -0.4 is 15.4 Å². The number of hydrogen-bond donors (Lipinski definition) is 3. The van der Waals surface area contributed by atoms with Crippen LogP contribution in [-0.2, 0) is 10.0 Å². The van der Waals surface area contributed by atoms with Gasteiger partial charge in [-0.3, -0.25) is 4.79 Å². The van der Waals surface area contributed by atoms with Gasteiger partial charge in [-0.2, -0.15) is 4.31 Å². The second kappa shape index (κ2) is 12.7. The summed E-state index contributed by atoms with van der Waals surface area (Å²) >= 11 is 1.14. The maximum atomic E-state index is 13.6. The molecule has 0 saturated heterocycles. The summed E-state index contributed by atoms with van der Waals surface area (Å²) in [7, 11) is -2.23. The van der Waals surface area contributed by atoms with Crippen molar-refractivity contribution in [3.05, 3.63) is 41.3 Å². The van der Waals surface area contributed by atoms with Crippen molar-refractivity contribution in [3.63, 3.8) is 0 Å². The maximum Gasteiger partial charge on any atom is 0.319 e. The van der Waals surface area contributed by atoms with E-state index in [-0.39, 0.29) is 59.1 Å². The van der Waals surface area contributed by atoms with Gasteiger partial charge in [-0.15, -0.1) is 11.3 Å². The van der Waals surface area contributed by atoms with Crippen molar-refractivity contribution in [3.8, 4) is 5.75 Å². The summed E-state index contributed by atoms with van der Waals surface area (Å²) < 4.78 is 34.2. The molecule has 1 aliphatic heterocycles. The van der Waals surface area contributed by atoms with Crippen LogP contribution in [0.2, 0.25) is 0 Å². The van der Waals surface area contributed by atoms with E-state index in [4.69, 9.17) is 4.74 Å². The van der Waals surface area contributed by atoms with Gasteiger partial charge < -0.3 is 25.4 Å². The predicted molar refractivity (Wildman–Crippen MR) is 151 cm³/mol. The van der Waals surface area contributed by atoms with Crippen molar-refractivity contribution in [1.82, 2.24) is 14.5 Å². The number of para-hydroxylation sites is 1. The number of amides is 3. The minimum atomic E-state index is -3.74. The molecule has 2 aromatic rings. The molecule has 1 aliphatic carbocycles. The lowest BCUT2D eigenvalue weighted by Gasteiger charge is -2.38. The minimum Gasteiger partial charge on any atom is -0.486 e. The number of ether oxygens (including phenoxy) is 1. The molecule has 1 aromatic heterocycles. The fourth-order valence-corrected chi connectivity index (χ4v) is 7.45. The van der Waals surface area contributed by atoms with Gasteiger partial charge >= 0.3 is 6.03 Å². The Hall–Kier alpha value is -2.67. The number of likely N-dealkylation sites (N-methyl/N-ethyl adjacent to an activating group) is 1. The second-order valence-electron chi connectivity index (χ2n) is 10.5. The molecule has 0 radical (unpaired) electrons. The van der Waals surface area contributed by atoms with Crippen molar-refractivity contribution in [1.29, 1.82) is 0 Å². The predicted octanol–water partition coefficient (Wildman–Crippen LogP) is 3.74. The number of urea groups is 1. The lowest BCUT2D eigenvalue weighted by molar-refractivity contribution is 0.0389. The molecule has 0 bridgehead atoms. The number of sulfonamides is 1. The highest BCUT2D eigenvalue weighted by atomic mass is 32.2. The Labute approximate surface area is 234 Å². The number of nitrogens with one attached hydrogen (secondary N) is 2. The zero-order valence-corrected chi connectivity index (χ0v) is 24.3. The van der Waals surface area contributed by atoms with Crippen LogP contribution >= 0.6 is 11.3 Å². The molecule has 1 fully saturated rings. The number of hydrogen-bond acceptors (Lipinski definition) is 7. The first-order valence-corrected chi connectivity index (χ1v) is 15.7. The first-order valence-electron chi connectivity index (χ1n) is 13.4. The molecule has 1 saturated carbocycles. The number of carbonyl (C=O) groups excluding carboxylic acids is 2. The number of thiophene rings is 1. The molecule has 10 nitrogen and oxygen atoms in total. The molecule has 3 amide bonds. The average molecular weight is 579 g/mol. The Kier molecular flexibility index (Phi) is 9.52. The SMILES string of the molecule is C[C@H](CO)N1C[C@H](C)[C@@H](CN(C)S(=O)(=O)c2cccs2)Oc2c(NC(=O)NC3CCCCC3)cccc2C1=O. The molecule has 3 N–H and O–H groups in total. The van der Waals surface area contributed by atoms with Gasteiger partial charge in [-0.05, 0) is 43.3 Å². The molecule has 214 valence electrons. The summed E-state index contributed by atoms with van der Waals surface area (Å²) in [5.74, 6) is -0.427. The van der Waals surface area contributed by atoms with Crippen LogP contribution in [0.1, 0.15) is 56.3 Å². The molecular weight excluding hydrogens is 540 g/mol. The molecule has 2 heterocycles. The summed E-state index contributed by atoms with van der Waals surface area (Å²) in [5, 5.41) is 17.5. The zero-order valence-electron chi connectivity index (χ0n) is 22.6. The Morgan fingerprint density at radius 3 is 2.64 bits per heavy atom. The van der Waals surface area contributed by atoms with E-state index < -0.39 is 22.2 Å². The molecule has 12 heteroatoms. The topological polar surface area (TPSA) is 128 Å². The third-order valence-electron chi connectivity index (χ3n) is 7.48. The van der Waals surface area contributed by atoms with E-state index in [0.717, 1.165) is 37.0 Å². The number of aliphatic hydroxyl groups excluding tert-OH is 1. The van der Waals surface area contributed by atoms with Gasteiger partial charge in [0.15, 0.2) is 5.75 Å². The highest BCUT2D eigenvalue weighted by Crippen LogP contribution is 2.35. The van der Waals surface area contributed by atoms with E-state index in [2.05, 4.69) is 10.6 Å². The molecule has 3 atom stereocenters. The molecular formula is C27H38N4O6S2. The van der Waals surface area contributed by atoms with Gasteiger partial charge in [0.05, 0.1) is 30.4 Å². The standard InChI is InChI=1S/C27H38N4O6S2/c1-18-15-31(19(2)17-32)26(33)21-11-7-12-22(29-27(34)28-20-9-5-4-6-10-20)25(21)37-23(18)16-30(3)39(35,36)24-13-8-14-38-24/h7-8,11-14,18-20,23,32H,4-6,9-10,15-17H2,1-3H3,(H2,28,29,34)/t18-,19+,23+/m0/s1. The van der Waals surface area contributed by atoms with Crippen LogP contribution in [-0.4, -0.2) is 79.6 Å². The third-order valence-corrected chi connectivity index (χ3v) is 10.7. The number of nitrogens with zero attached hydrogens (tertiary/aromatic N) is 2. The number of carbonyl (C=O) groups is 2. The largest absolute Gasteiger partial charge is 0.486 e. The van der Waals surface area contributed by atoms with Crippen molar-refractivity contribution in [2.24, 2.45) is 5.92 Å². The summed E-state index contributed by atoms with van der Waals surface area (Å²) in [6.45, 7) is 3.70. The zero-order chi connectivity index (χ0) is 28.2. The number of aliphatic hydroxyl groups is 1. The Balaban J connectivity index is 1.65. The fraction of sp³-hybridized carbons (Fsp3) is 0.556. The second-order valence-corrected chi connectivity index (χ2v) is 13.7. The van der Waals surface area contributed by atoms with Gasteiger partial charge in [0.2, 0.25) is 0 Å².